The first-order valence-corrected chi connectivity index (χ1v) is 12.2. The highest BCUT2D eigenvalue weighted by Crippen LogP contribution is 2.40. The zero-order valence-electron chi connectivity index (χ0n) is 19.9. The molecule has 3 heterocycles. The third-order valence-corrected chi connectivity index (χ3v) is 6.81. The van der Waals surface area contributed by atoms with Gasteiger partial charge in [0.2, 0.25) is 12.6 Å². The molecule has 0 spiro atoms. The van der Waals surface area contributed by atoms with Gasteiger partial charge in [0, 0.05) is 16.9 Å². The number of rotatable bonds is 5. The lowest BCUT2D eigenvalue weighted by atomic mass is 9.94. The fraction of sp³-hybridized carbons (Fsp3) is 0.179. The first-order chi connectivity index (χ1) is 17.6. The van der Waals surface area contributed by atoms with Crippen molar-refractivity contribution in [3.63, 3.8) is 0 Å². The van der Waals surface area contributed by atoms with Crippen LogP contribution in [0.1, 0.15) is 36.9 Å². The highest BCUT2D eigenvalue weighted by atomic mass is 32.1. The molecule has 4 aromatic rings. The molecule has 1 aromatic heterocycles. The van der Waals surface area contributed by atoms with Gasteiger partial charge < -0.3 is 19.3 Å². The van der Waals surface area contributed by atoms with E-state index >= 15 is 0 Å². The molecular weight excluding hydrogens is 472 g/mol. The molecule has 0 amide bonds. The Morgan fingerprint density at radius 3 is 2.56 bits per heavy atom. The zero-order valence-corrected chi connectivity index (χ0v) is 20.7. The first kappa shape index (κ1) is 22.3. The Kier molecular flexibility index (Phi) is 5.65. The molecule has 0 fully saturated rings. The van der Waals surface area contributed by atoms with Crippen LogP contribution >= 0.6 is 12.2 Å². The average Bonchev–Trinajstić information content (AvgIpc) is 3.59. The number of hydrogen-bond acceptors (Lipinski definition) is 6. The number of thiocarbonyl (C=S) groups is 1. The van der Waals surface area contributed by atoms with E-state index in [9.17, 15) is 0 Å². The standard InChI is InChI=1S/C28H24N4O3S/c1-3-18-9-12-21(13-10-18)32-17(2)24(25(29-28(32)36)19-7-5-4-6-8-19)27-30-26(31-35-27)20-11-14-22-23(15-20)34-16-33-22/h4-15,25H,3,16H2,1-2H3,(H,29,36). The van der Waals surface area contributed by atoms with E-state index in [0.717, 1.165) is 34.5 Å². The molecule has 1 N–H and O–H groups in total. The van der Waals surface area contributed by atoms with Crippen molar-refractivity contribution in [1.82, 2.24) is 15.5 Å². The fourth-order valence-corrected chi connectivity index (χ4v) is 4.95. The molecule has 3 aromatic carbocycles. The van der Waals surface area contributed by atoms with Gasteiger partial charge in [-0.15, -0.1) is 0 Å². The largest absolute Gasteiger partial charge is 0.454 e. The van der Waals surface area contributed by atoms with Crippen LogP contribution < -0.4 is 19.7 Å². The molecule has 0 aliphatic carbocycles. The number of ether oxygens (including phenoxy) is 2. The lowest BCUT2D eigenvalue weighted by Gasteiger charge is -2.37. The van der Waals surface area contributed by atoms with Gasteiger partial charge in [-0.3, -0.25) is 4.90 Å². The zero-order chi connectivity index (χ0) is 24.6. The Morgan fingerprint density at radius 2 is 1.78 bits per heavy atom. The molecule has 2 aliphatic heterocycles. The number of nitrogens with zero attached hydrogens (tertiary/aromatic N) is 3. The molecule has 180 valence electrons. The van der Waals surface area contributed by atoms with Gasteiger partial charge in [0.1, 0.15) is 0 Å². The summed E-state index contributed by atoms with van der Waals surface area (Å²) in [5, 5.41) is 8.42. The first-order valence-electron chi connectivity index (χ1n) is 11.8. The Morgan fingerprint density at radius 1 is 1.00 bits per heavy atom. The number of aromatic nitrogens is 2. The molecule has 0 bridgehead atoms. The average molecular weight is 497 g/mol. The maximum absolute atomic E-state index is 5.86. The smallest absolute Gasteiger partial charge is 0.258 e. The molecule has 2 aliphatic rings. The van der Waals surface area contributed by atoms with Crippen LogP contribution in [-0.2, 0) is 6.42 Å². The molecule has 6 rings (SSSR count). The van der Waals surface area contributed by atoms with Crippen molar-refractivity contribution in [3.05, 3.63) is 95.5 Å². The van der Waals surface area contributed by atoms with Crippen LogP contribution in [-0.4, -0.2) is 22.0 Å². The summed E-state index contributed by atoms with van der Waals surface area (Å²) in [4.78, 5) is 6.82. The quantitative estimate of drug-likeness (QED) is 0.343. The summed E-state index contributed by atoms with van der Waals surface area (Å²) in [6, 6.07) is 23.9. The second kappa shape index (κ2) is 9.13. The summed E-state index contributed by atoms with van der Waals surface area (Å²) in [6.45, 7) is 4.39. The Balaban J connectivity index is 1.45. The number of hydrogen-bond donors (Lipinski definition) is 1. The maximum atomic E-state index is 5.86. The summed E-state index contributed by atoms with van der Waals surface area (Å²) in [6.07, 6.45) is 0.976. The van der Waals surface area contributed by atoms with Gasteiger partial charge in [0.25, 0.3) is 5.89 Å². The van der Waals surface area contributed by atoms with Crippen LogP contribution in [0, 0.1) is 0 Å². The van der Waals surface area contributed by atoms with Crippen molar-refractivity contribution in [2.24, 2.45) is 0 Å². The minimum atomic E-state index is -0.241. The lowest BCUT2D eigenvalue weighted by molar-refractivity contribution is 0.174. The predicted molar refractivity (Wildman–Crippen MR) is 142 cm³/mol. The SMILES string of the molecule is CCc1ccc(N2C(=S)NC(c3ccccc3)C(c3nc(-c4ccc5c(c4)OCO5)no3)=C2C)cc1. The molecule has 36 heavy (non-hydrogen) atoms. The van der Waals surface area contributed by atoms with Gasteiger partial charge in [-0.05, 0) is 67.0 Å². The monoisotopic (exact) mass is 496 g/mol. The van der Waals surface area contributed by atoms with Gasteiger partial charge in [0.15, 0.2) is 16.6 Å². The highest BCUT2D eigenvalue weighted by molar-refractivity contribution is 7.80. The van der Waals surface area contributed by atoms with Gasteiger partial charge in [-0.1, -0.05) is 54.5 Å². The van der Waals surface area contributed by atoms with E-state index < -0.39 is 0 Å². The van der Waals surface area contributed by atoms with E-state index in [0.29, 0.717) is 28.3 Å². The topological polar surface area (TPSA) is 72.7 Å². The van der Waals surface area contributed by atoms with E-state index in [4.69, 9.17) is 31.2 Å². The summed E-state index contributed by atoms with van der Waals surface area (Å²) in [7, 11) is 0. The van der Waals surface area contributed by atoms with Crippen molar-refractivity contribution in [3.8, 4) is 22.9 Å². The molecule has 1 atom stereocenters. The molecular formula is C28H24N4O3S. The van der Waals surface area contributed by atoms with Gasteiger partial charge in [0.05, 0.1) is 11.6 Å². The molecule has 8 heteroatoms. The normalized spacial score (nSPS) is 16.9. The van der Waals surface area contributed by atoms with E-state index in [1.165, 1.54) is 5.56 Å². The van der Waals surface area contributed by atoms with E-state index in [2.05, 4.69) is 53.8 Å². The number of anilines is 1. The fourth-order valence-electron chi connectivity index (χ4n) is 4.59. The summed E-state index contributed by atoms with van der Waals surface area (Å²) in [5.74, 6) is 2.28. The summed E-state index contributed by atoms with van der Waals surface area (Å²) >= 11 is 5.84. The van der Waals surface area contributed by atoms with E-state index in [1.54, 1.807) is 0 Å². The van der Waals surface area contributed by atoms with Crippen LogP contribution in [0.3, 0.4) is 0 Å². The van der Waals surface area contributed by atoms with E-state index in [1.807, 2.05) is 48.2 Å². The minimum absolute atomic E-state index is 0.210. The lowest BCUT2D eigenvalue weighted by Crippen LogP contribution is -2.46. The van der Waals surface area contributed by atoms with Crippen molar-refractivity contribution >= 4 is 28.6 Å². The second-order valence-electron chi connectivity index (χ2n) is 8.64. The predicted octanol–water partition coefficient (Wildman–Crippen LogP) is 5.89. The van der Waals surface area contributed by atoms with Crippen molar-refractivity contribution in [1.29, 1.82) is 0 Å². The Hall–Kier alpha value is -4.17. The van der Waals surface area contributed by atoms with Crippen LogP contribution in [0.5, 0.6) is 11.5 Å². The maximum Gasteiger partial charge on any atom is 0.258 e. The Labute approximate surface area is 214 Å². The van der Waals surface area contributed by atoms with Gasteiger partial charge in [-0.2, -0.15) is 4.98 Å². The number of fused-ring (bicyclic) bond motifs is 1. The minimum Gasteiger partial charge on any atom is -0.454 e. The van der Waals surface area contributed by atoms with Gasteiger partial charge in [-0.25, -0.2) is 0 Å². The van der Waals surface area contributed by atoms with Gasteiger partial charge >= 0.3 is 0 Å². The number of allylic oxidation sites excluding steroid dienone is 1. The second-order valence-corrected chi connectivity index (χ2v) is 9.03. The molecule has 0 saturated carbocycles. The summed E-state index contributed by atoms with van der Waals surface area (Å²) in [5.41, 5.74) is 5.88. The third-order valence-electron chi connectivity index (χ3n) is 6.51. The number of benzene rings is 3. The third kappa shape index (κ3) is 3.89. The molecule has 1 unspecified atom stereocenters. The van der Waals surface area contributed by atoms with Crippen LogP contribution in [0.2, 0.25) is 0 Å². The van der Waals surface area contributed by atoms with Crippen LogP contribution in [0.4, 0.5) is 5.69 Å². The Bertz CT molecular complexity index is 1460. The molecule has 0 radical (unpaired) electrons. The number of aryl methyl sites for hydroxylation is 1. The summed E-state index contributed by atoms with van der Waals surface area (Å²) < 4.78 is 16.8. The molecule has 7 nitrogen and oxygen atoms in total. The number of nitrogens with one attached hydrogen (secondary N) is 1. The van der Waals surface area contributed by atoms with Crippen molar-refractivity contribution < 1.29 is 14.0 Å². The van der Waals surface area contributed by atoms with Crippen molar-refractivity contribution in [2.75, 3.05) is 11.7 Å². The van der Waals surface area contributed by atoms with Crippen LogP contribution in [0.15, 0.2) is 83.0 Å². The van der Waals surface area contributed by atoms with Crippen molar-refractivity contribution in [2.45, 2.75) is 26.3 Å². The highest BCUT2D eigenvalue weighted by Gasteiger charge is 2.34. The molecule has 0 saturated heterocycles. The van der Waals surface area contributed by atoms with Crippen LogP contribution in [0.25, 0.3) is 17.0 Å². The van der Waals surface area contributed by atoms with E-state index in [-0.39, 0.29) is 12.8 Å².